The molecule has 2 atom stereocenters. The standard InChI is InChI=1S/C11H18ClN5O/c1-6(13)16-11(9(14)10(12)15)17-8-3-2-7(4-8)5-18/h2-3,7-8,15-18H,1,4-5,13-14H2/t7-,8+/m1/s1. The second-order valence-corrected chi connectivity index (χ2v) is 4.44. The molecule has 0 saturated heterocycles. The molecule has 1 aliphatic rings. The lowest BCUT2D eigenvalue weighted by Crippen LogP contribution is -2.38. The fraction of sp³-hybridized carbons (Fsp3) is 0.364. The van der Waals surface area contributed by atoms with Crippen molar-refractivity contribution in [1.82, 2.24) is 10.6 Å². The monoisotopic (exact) mass is 271 g/mol. The van der Waals surface area contributed by atoms with E-state index in [0.717, 1.165) is 6.42 Å². The van der Waals surface area contributed by atoms with Gasteiger partial charge in [-0.25, -0.2) is 0 Å². The Morgan fingerprint density at radius 2 is 2.17 bits per heavy atom. The number of hydrogen-bond acceptors (Lipinski definition) is 6. The Balaban J connectivity index is 2.75. The van der Waals surface area contributed by atoms with Gasteiger partial charge in [0, 0.05) is 18.6 Å². The smallest absolute Gasteiger partial charge is 0.147 e. The van der Waals surface area contributed by atoms with Gasteiger partial charge in [-0.3, -0.25) is 5.41 Å². The molecule has 1 rings (SSSR count). The van der Waals surface area contributed by atoms with Crippen LogP contribution in [0.2, 0.25) is 0 Å². The Morgan fingerprint density at radius 1 is 1.50 bits per heavy atom. The number of nitrogens with one attached hydrogen (secondary N) is 3. The Hall–Kier alpha value is -1.66. The van der Waals surface area contributed by atoms with Gasteiger partial charge in [-0.15, -0.1) is 0 Å². The third-order valence-corrected chi connectivity index (χ3v) is 2.73. The van der Waals surface area contributed by atoms with E-state index in [9.17, 15) is 0 Å². The van der Waals surface area contributed by atoms with Gasteiger partial charge in [-0.1, -0.05) is 30.3 Å². The minimum Gasteiger partial charge on any atom is -0.396 e. The molecule has 0 aromatic heterocycles. The van der Waals surface area contributed by atoms with Gasteiger partial charge in [0.05, 0.1) is 5.82 Å². The van der Waals surface area contributed by atoms with Crippen LogP contribution in [-0.4, -0.2) is 22.9 Å². The average Bonchev–Trinajstić information content (AvgIpc) is 2.74. The normalized spacial score (nSPS) is 23.4. The summed E-state index contributed by atoms with van der Waals surface area (Å²) in [5, 5.41) is 21.9. The molecule has 0 bridgehead atoms. The van der Waals surface area contributed by atoms with Crippen LogP contribution in [0.4, 0.5) is 0 Å². The summed E-state index contributed by atoms with van der Waals surface area (Å²) in [5.74, 6) is 0.663. The molecule has 0 aromatic rings. The van der Waals surface area contributed by atoms with Crippen LogP contribution in [0.5, 0.6) is 0 Å². The van der Waals surface area contributed by atoms with Crippen LogP contribution >= 0.6 is 11.6 Å². The maximum Gasteiger partial charge on any atom is 0.147 e. The van der Waals surface area contributed by atoms with Crippen LogP contribution in [0.3, 0.4) is 0 Å². The van der Waals surface area contributed by atoms with E-state index in [2.05, 4.69) is 17.2 Å². The van der Waals surface area contributed by atoms with Crippen LogP contribution in [0.15, 0.2) is 36.1 Å². The molecule has 0 saturated carbocycles. The maximum atomic E-state index is 9.04. The lowest BCUT2D eigenvalue weighted by atomic mass is 10.1. The quantitative estimate of drug-likeness (QED) is 0.297. The Kier molecular flexibility index (Phi) is 5.06. The fourth-order valence-electron chi connectivity index (χ4n) is 1.65. The second kappa shape index (κ2) is 6.32. The molecular formula is C11H18ClN5O. The number of hydrogen-bond donors (Lipinski definition) is 6. The number of rotatable bonds is 6. The molecule has 0 aliphatic heterocycles. The molecule has 0 heterocycles. The largest absolute Gasteiger partial charge is 0.396 e. The SMILES string of the molecule is C=C(N)NC(N[C@H]1C=C[C@@H](CO)C1)=C(N)C(=N)Cl. The first kappa shape index (κ1) is 14.4. The van der Waals surface area contributed by atoms with Crippen LogP contribution in [0.1, 0.15) is 6.42 Å². The van der Waals surface area contributed by atoms with E-state index in [1.165, 1.54) is 0 Å². The number of aliphatic hydroxyl groups is 1. The first-order valence-electron chi connectivity index (χ1n) is 5.45. The number of aliphatic hydroxyl groups excluding tert-OH is 1. The zero-order chi connectivity index (χ0) is 13.7. The molecule has 8 N–H and O–H groups in total. The lowest BCUT2D eigenvalue weighted by molar-refractivity contribution is 0.247. The van der Waals surface area contributed by atoms with E-state index in [1.54, 1.807) is 0 Å². The van der Waals surface area contributed by atoms with Crippen LogP contribution in [0, 0.1) is 11.3 Å². The van der Waals surface area contributed by atoms with Crippen molar-refractivity contribution in [2.24, 2.45) is 17.4 Å². The van der Waals surface area contributed by atoms with Gasteiger partial charge < -0.3 is 27.2 Å². The van der Waals surface area contributed by atoms with Crippen molar-refractivity contribution in [3.05, 3.63) is 36.1 Å². The molecule has 6 nitrogen and oxygen atoms in total. The summed E-state index contributed by atoms with van der Waals surface area (Å²) >= 11 is 5.54. The van der Waals surface area contributed by atoms with Gasteiger partial charge in [0.15, 0.2) is 0 Å². The molecule has 0 fully saturated rings. The van der Waals surface area contributed by atoms with Gasteiger partial charge >= 0.3 is 0 Å². The molecule has 0 radical (unpaired) electrons. The Bertz CT molecular complexity index is 404. The summed E-state index contributed by atoms with van der Waals surface area (Å²) in [4.78, 5) is 0. The highest BCUT2D eigenvalue weighted by atomic mass is 35.5. The molecule has 100 valence electrons. The highest BCUT2D eigenvalue weighted by Gasteiger charge is 2.20. The highest BCUT2D eigenvalue weighted by Crippen LogP contribution is 2.18. The highest BCUT2D eigenvalue weighted by molar-refractivity contribution is 6.68. The molecule has 18 heavy (non-hydrogen) atoms. The zero-order valence-corrected chi connectivity index (χ0v) is 10.7. The van der Waals surface area contributed by atoms with Crippen molar-refractivity contribution in [3.63, 3.8) is 0 Å². The fourth-order valence-corrected chi connectivity index (χ4v) is 1.75. The summed E-state index contributed by atoms with van der Waals surface area (Å²) < 4.78 is 0. The van der Waals surface area contributed by atoms with Crippen molar-refractivity contribution in [2.75, 3.05) is 6.61 Å². The summed E-state index contributed by atoms with van der Waals surface area (Å²) in [6, 6.07) is -0.00133. The average molecular weight is 272 g/mol. The zero-order valence-electron chi connectivity index (χ0n) is 9.91. The van der Waals surface area contributed by atoms with Gasteiger partial charge in [-0.05, 0) is 6.42 Å². The number of halogens is 1. The molecule has 0 aromatic carbocycles. The first-order chi connectivity index (χ1) is 8.43. The van der Waals surface area contributed by atoms with Crippen molar-refractivity contribution < 1.29 is 5.11 Å². The third kappa shape index (κ3) is 3.97. The van der Waals surface area contributed by atoms with Gasteiger partial charge in [0.25, 0.3) is 0 Å². The topological polar surface area (TPSA) is 120 Å². The van der Waals surface area contributed by atoms with Crippen molar-refractivity contribution >= 4 is 16.8 Å². The lowest BCUT2D eigenvalue weighted by Gasteiger charge is -2.20. The van der Waals surface area contributed by atoms with Crippen molar-refractivity contribution in [2.45, 2.75) is 12.5 Å². The Labute approximate surface area is 111 Å². The van der Waals surface area contributed by atoms with E-state index in [4.69, 9.17) is 33.6 Å². The summed E-state index contributed by atoms with van der Waals surface area (Å²) in [7, 11) is 0. The Morgan fingerprint density at radius 3 is 2.61 bits per heavy atom. The maximum absolute atomic E-state index is 9.04. The van der Waals surface area contributed by atoms with Crippen LogP contribution in [-0.2, 0) is 0 Å². The minimum absolute atomic E-state index is 0.00133. The first-order valence-corrected chi connectivity index (χ1v) is 5.83. The third-order valence-electron chi connectivity index (χ3n) is 2.53. The molecule has 0 amide bonds. The summed E-state index contributed by atoms with van der Waals surface area (Å²) in [6.45, 7) is 3.61. The molecular weight excluding hydrogens is 254 g/mol. The second-order valence-electron chi connectivity index (χ2n) is 4.07. The predicted octanol–water partition coefficient (Wildman–Crippen LogP) is -0.124. The minimum atomic E-state index is -0.285. The van der Waals surface area contributed by atoms with Gasteiger partial charge in [0.2, 0.25) is 0 Å². The summed E-state index contributed by atoms with van der Waals surface area (Å²) in [5.41, 5.74) is 11.2. The van der Waals surface area contributed by atoms with E-state index < -0.39 is 0 Å². The van der Waals surface area contributed by atoms with E-state index >= 15 is 0 Å². The van der Waals surface area contributed by atoms with E-state index in [0.29, 0.717) is 5.82 Å². The molecule has 7 heteroatoms. The van der Waals surface area contributed by atoms with Crippen molar-refractivity contribution in [3.8, 4) is 0 Å². The van der Waals surface area contributed by atoms with Crippen LogP contribution in [0.25, 0.3) is 0 Å². The molecule has 0 unspecified atom stereocenters. The van der Waals surface area contributed by atoms with Gasteiger partial charge in [0.1, 0.15) is 16.7 Å². The number of allylic oxidation sites excluding steroid dienone is 1. The van der Waals surface area contributed by atoms with Gasteiger partial charge in [-0.2, -0.15) is 0 Å². The van der Waals surface area contributed by atoms with E-state index in [1.807, 2.05) is 12.2 Å². The molecule has 0 spiro atoms. The molecule has 1 aliphatic carbocycles. The van der Waals surface area contributed by atoms with E-state index in [-0.39, 0.29) is 35.3 Å². The summed E-state index contributed by atoms with van der Waals surface area (Å²) in [6.07, 6.45) is 4.59. The number of nitrogens with two attached hydrogens (primary N) is 2. The van der Waals surface area contributed by atoms with Crippen molar-refractivity contribution in [1.29, 1.82) is 5.41 Å². The van der Waals surface area contributed by atoms with Crippen LogP contribution < -0.4 is 22.1 Å². The predicted molar refractivity (Wildman–Crippen MR) is 72.5 cm³/mol.